The van der Waals surface area contributed by atoms with E-state index in [-0.39, 0.29) is 0 Å². The number of hydrogen-bond acceptors (Lipinski definition) is 3. The van der Waals surface area contributed by atoms with Crippen LogP contribution >= 0.6 is 0 Å². The summed E-state index contributed by atoms with van der Waals surface area (Å²) in [5, 5.41) is 3.36. The molecule has 0 amide bonds. The first-order chi connectivity index (χ1) is 10.1. The van der Waals surface area contributed by atoms with Gasteiger partial charge in [-0.3, -0.25) is 0 Å². The maximum atomic E-state index is 5.96. The van der Waals surface area contributed by atoms with Crippen molar-refractivity contribution in [3.63, 3.8) is 0 Å². The lowest BCUT2D eigenvalue weighted by Crippen LogP contribution is -2.13. The van der Waals surface area contributed by atoms with Crippen molar-refractivity contribution >= 4 is 0 Å². The van der Waals surface area contributed by atoms with E-state index >= 15 is 0 Å². The van der Waals surface area contributed by atoms with Gasteiger partial charge in [-0.05, 0) is 56.5 Å². The van der Waals surface area contributed by atoms with E-state index in [4.69, 9.17) is 9.15 Å². The summed E-state index contributed by atoms with van der Waals surface area (Å²) in [4.78, 5) is 0. The summed E-state index contributed by atoms with van der Waals surface area (Å²) >= 11 is 0. The lowest BCUT2D eigenvalue weighted by molar-refractivity contribution is 0.267. The molecule has 3 nitrogen and oxygen atoms in total. The van der Waals surface area contributed by atoms with Crippen LogP contribution in [-0.4, -0.2) is 6.54 Å². The molecule has 0 fully saturated rings. The number of furan rings is 1. The fraction of sp³-hybridized carbons (Fsp3) is 0.444. The summed E-state index contributed by atoms with van der Waals surface area (Å²) in [7, 11) is 0. The van der Waals surface area contributed by atoms with Crippen LogP contribution in [0.5, 0.6) is 5.75 Å². The minimum atomic E-state index is 0.471. The minimum absolute atomic E-state index is 0.471. The predicted octanol–water partition coefficient (Wildman–Crippen LogP) is 4.28. The third-order valence-corrected chi connectivity index (χ3v) is 3.70. The average molecular weight is 287 g/mol. The Morgan fingerprint density at radius 3 is 2.67 bits per heavy atom. The third-order valence-electron chi connectivity index (χ3n) is 3.70. The first-order valence-corrected chi connectivity index (χ1v) is 7.58. The van der Waals surface area contributed by atoms with E-state index in [0.717, 1.165) is 36.6 Å². The SMILES string of the molecule is CCCNCc1coc(COc2c(C)ccc(C)c2C)c1. The number of aryl methyl sites for hydroxylation is 2. The largest absolute Gasteiger partial charge is 0.485 e. The van der Waals surface area contributed by atoms with Gasteiger partial charge in [-0.1, -0.05) is 19.1 Å². The molecule has 0 bridgehead atoms. The van der Waals surface area contributed by atoms with Gasteiger partial charge in [-0.15, -0.1) is 0 Å². The molecule has 2 aromatic rings. The van der Waals surface area contributed by atoms with Gasteiger partial charge in [0.15, 0.2) is 0 Å². The molecule has 0 aliphatic heterocycles. The van der Waals surface area contributed by atoms with E-state index in [2.05, 4.69) is 51.2 Å². The Balaban J connectivity index is 1.96. The smallest absolute Gasteiger partial charge is 0.146 e. The Bertz CT molecular complexity index is 587. The molecule has 0 saturated heterocycles. The first-order valence-electron chi connectivity index (χ1n) is 7.58. The molecule has 21 heavy (non-hydrogen) atoms. The van der Waals surface area contributed by atoms with E-state index in [1.165, 1.54) is 16.7 Å². The van der Waals surface area contributed by atoms with Crippen molar-refractivity contribution < 1.29 is 9.15 Å². The van der Waals surface area contributed by atoms with Crippen molar-refractivity contribution in [2.75, 3.05) is 6.54 Å². The molecule has 0 spiro atoms. The monoisotopic (exact) mass is 287 g/mol. The van der Waals surface area contributed by atoms with Gasteiger partial charge < -0.3 is 14.5 Å². The average Bonchev–Trinajstić information content (AvgIpc) is 2.91. The van der Waals surface area contributed by atoms with Gasteiger partial charge in [0.05, 0.1) is 6.26 Å². The molecular weight excluding hydrogens is 262 g/mol. The number of rotatable bonds is 7. The number of nitrogens with one attached hydrogen (secondary N) is 1. The summed E-state index contributed by atoms with van der Waals surface area (Å²) in [6, 6.07) is 6.28. The number of benzene rings is 1. The summed E-state index contributed by atoms with van der Waals surface area (Å²) in [6.07, 6.45) is 2.94. The summed E-state index contributed by atoms with van der Waals surface area (Å²) in [5.41, 5.74) is 4.78. The first kappa shape index (κ1) is 15.6. The maximum absolute atomic E-state index is 5.96. The van der Waals surface area contributed by atoms with Gasteiger partial charge in [0.2, 0.25) is 0 Å². The standard InChI is InChI=1S/C18H25NO2/c1-5-8-19-10-16-9-17(20-11-16)12-21-18-14(3)7-6-13(2)15(18)4/h6-7,9,11,19H,5,8,10,12H2,1-4H3. The van der Waals surface area contributed by atoms with Gasteiger partial charge in [0, 0.05) is 12.1 Å². The molecule has 0 aliphatic carbocycles. The van der Waals surface area contributed by atoms with Gasteiger partial charge >= 0.3 is 0 Å². The van der Waals surface area contributed by atoms with Crippen molar-refractivity contribution in [1.82, 2.24) is 5.32 Å². The van der Waals surface area contributed by atoms with E-state index in [9.17, 15) is 0 Å². The van der Waals surface area contributed by atoms with Crippen LogP contribution in [0.1, 0.15) is 41.4 Å². The molecule has 0 aliphatic rings. The number of ether oxygens (including phenoxy) is 1. The Morgan fingerprint density at radius 1 is 1.14 bits per heavy atom. The Hall–Kier alpha value is -1.74. The Kier molecular flexibility index (Phi) is 5.45. The fourth-order valence-electron chi connectivity index (χ4n) is 2.29. The van der Waals surface area contributed by atoms with Crippen molar-refractivity contribution in [3.8, 4) is 5.75 Å². The Morgan fingerprint density at radius 2 is 1.90 bits per heavy atom. The lowest BCUT2D eigenvalue weighted by Gasteiger charge is -2.12. The molecule has 3 heteroatoms. The highest BCUT2D eigenvalue weighted by Gasteiger charge is 2.08. The topological polar surface area (TPSA) is 34.4 Å². The van der Waals surface area contributed by atoms with E-state index in [1.54, 1.807) is 6.26 Å². The molecule has 0 atom stereocenters. The summed E-state index contributed by atoms with van der Waals surface area (Å²) < 4.78 is 11.5. The van der Waals surface area contributed by atoms with Gasteiger partial charge in [-0.2, -0.15) is 0 Å². The van der Waals surface area contributed by atoms with Crippen LogP contribution in [-0.2, 0) is 13.2 Å². The van der Waals surface area contributed by atoms with Crippen molar-refractivity contribution in [3.05, 3.63) is 52.5 Å². The van der Waals surface area contributed by atoms with Crippen molar-refractivity contribution in [2.45, 2.75) is 47.3 Å². The molecule has 0 unspecified atom stereocenters. The zero-order valence-electron chi connectivity index (χ0n) is 13.5. The second-order valence-corrected chi connectivity index (χ2v) is 5.54. The molecule has 1 aromatic carbocycles. The fourth-order valence-corrected chi connectivity index (χ4v) is 2.29. The van der Waals surface area contributed by atoms with Crippen LogP contribution in [0.15, 0.2) is 28.9 Å². The normalized spacial score (nSPS) is 10.9. The van der Waals surface area contributed by atoms with Crippen LogP contribution in [0.25, 0.3) is 0 Å². The second-order valence-electron chi connectivity index (χ2n) is 5.54. The number of hydrogen-bond donors (Lipinski definition) is 1. The Labute approximate surface area is 127 Å². The van der Waals surface area contributed by atoms with Crippen molar-refractivity contribution in [1.29, 1.82) is 0 Å². The predicted molar refractivity (Wildman–Crippen MR) is 85.7 cm³/mol. The maximum Gasteiger partial charge on any atom is 0.146 e. The zero-order valence-corrected chi connectivity index (χ0v) is 13.5. The summed E-state index contributed by atoms with van der Waals surface area (Å²) in [5.74, 6) is 1.83. The molecular formula is C18H25NO2. The highest BCUT2D eigenvalue weighted by molar-refractivity contribution is 5.44. The molecule has 1 heterocycles. The summed E-state index contributed by atoms with van der Waals surface area (Å²) in [6.45, 7) is 10.8. The molecule has 1 aromatic heterocycles. The van der Waals surface area contributed by atoms with E-state index < -0.39 is 0 Å². The quantitative estimate of drug-likeness (QED) is 0.772. The van der Waals surface area contributed by atoms with Crippen LogP contribution in [0.3, 0.4) is 0 Å². The molecule has 0 radical (unpaired) electrons. The van der Waals surface area contributed by atoms with E-state index in [0.29, 0.717) is 6.61 Å². The third kappa shape index (κ3) is 4.11. The van der Waals surface area contributed by atoms with Crippen LogP contribution in [0, 0.1) is 20.8 Å². The zero-order chi connectivity index (χ0) is 15.2. The molecule has 114 valence electrons. The van der Waals surface area contributed by atoms with Crippen molar-refractivity contribution in [2.24, 2.45) is 0 Å². The highest BCUT2D eigenvalue weighted by Crippen LogP contribution is 2.26. The highest BCUT2D eigenvalue weighted by atomic mass is 16.5. The van der Waals surface area contributed by atoms with Gasteiger partial charge in [0.25, 0.3) is 0 Å². The van der Waals surface area contributed by atoms with E-state index in [1.807, 2.05) is 0 Å². The molecule has 2 rings (SSSR count). The second kappa shape index (κ2) is 7.32. The molecule has 0 saturated carbocycles. The van der Waals surface area contributed by atoms with Crippen LogP contribution in [0.2, 0.25) is 0 Å². The lowest BCUT2D eigenvalue weighted by atomic mass is 10.1. The van der Waals surface area contributed by atoms with Gasteiger partial charge in [-0.25, -0.2) is 0 Å². The van der Waals surface area contributed by atoms with Gasteiger partial charge in [0.1, 0.15) is 18.1 Å². The van der Waals surface area contributed by atoms with Crippen LogP contribution < -0.4 is 10.1 Å². The van der Waals surface area contributed by atoms with Crippen LogP contribution in [0.4, 0.5) is 0 Å². The minimum Gasteiger partial charge on any atom is -0.485 e. The molecule has 1 N–H and O–H groups in total.